The Morgan fingerprint density at radius 1 is 1.03 bits per heavy atom. The molecule has 29 heavy (non-hydrogen) atoms. The Morgan fingerprint density at radius 2 is 1.59 bits per heavy atom. The van der Waals surface area contributed by atoms with Gasteiger partial charge in [-0.25, -0.2) is 12.8 Å². The molecule has 1 atom stereocenters. The molecule has 0 heterocycles. The molecule has 0 aromatic heterocycles. The van der Waals surface area contributed by atoms with E-state index >= 15 is 0 Å². The summed E-state index contributed by atoms with van der Waals surface area (Å²) >= 11 is 0. The SMILES string of the molecule is CC(C)[C@@H](C(=O)OC(C)(C)C)N(Cc1ccccc1)S(=O)(=O)c1ccc(F)cc1. The van der Waals surface area contributed by atoms with Gasteiger partial charge in [-0.05, 0) is 56.5 Å². The smallest absolute Gasteiger partial charge is 0.325 e. The maximum Gasteiger partial charge on any atom is 0.325 e. The fraction of sp³-hybridized carbons (Fsp3) is 0.409. The van der Waals surface area contributed by atoms with E-state index in [0.717, 1.165) is 22.0 Å². The normalized spacial score (nSPS) is 13.5. The van der Waals surface area contributed by atoms with Gasteiger partial charge in [-0.2, -0.15) is 4.31 Å². The van der Waals surface area contributed by atoms with E-state index in [-0.39, 0.29) is 17.4 Å². The molecule has 5 nitrogen and oxygen atoms in total. The van der Waals surface area contributed by atoms with E-state index in [0.29, 0.717) is 0 Å². The van der Waals surface area contributed by atoms with Crippen molar-refractivity contribution in [3.05, 3.63) is 66.0 Å². The average Bonchev–Trinajstić information content (AvgIpc) is 2.60. The van der Waals surface area contributed by atoms with Crippen LogP contribution in [0.1, 0.15) is 40.2 Å². The third kappa shape index (κ3) is 6.11. The lowest BCUT2D eigenvalue weighted by atomic mass is 10.0. The lowest BCUT2D eigenvalue weighted by molar-refractivity contribution is -0.161. The second-order valence-electron chi connectivity index (χ2n) is 8.21. The summed E-state index contributed by atoms with van der Waals surface area (Å²) in [4.78, 5) is 12.9. The van der Waals surface area contributed by atoms with E-state index in [1.54, 1.807) is 58.9 Å². The van der Waals surface area contributed by atoms with Gasteiger partial charge in [0.2, 0.25) is 10.0 Å². The van der Waals surface area contributed by atoms with Gasteiger partial charge in [0.05, 0.1) is 4.90 Å². The van der Waals surface area contributed by atoms with Crippen LogP contribution in [-0.4, -0.2) is 30.3 Å². The number of hydrogen-bond donors (Lipinski definition) is 0. The Kier molecular flexibility index (Phi) is 7.19. The third-order valence-electron chi connectivity index (χ3n) is 4.19. The number of carbonyl (C=O) groups is 1. The maximum atomic E-state index is 13.5. The number of esters is 1. The van der Waals surface area contributed by atoms with Crippen molar-refractivity contribution in [2.45, 2.75) is 57.7 Å². The van der Waals surface area contributed by atoms with Crippen molar-refractivity contribution in [2.75, 3.05) is 0 Å². The highest BCUT2D eigenvalue weighted by Crippen LogP contribution is 2.27. The number of ether oxygens (including phenoxy) is 1. The molecule has 7 heteroatoms. The minimum absolute atomic E-state index is 0.0113. The van der Waals surface area contributed by atoms with E-state index in [9.17, 15) is 17.6 Å². The van der Waals surface area contributed by atoms with E-state index in [1.165, 1.54) is 12.1 Å². The first kappa shape index (κ1) is 23.0. The quantitative estimate of drug-likeness (QED) is 0.622. The standard InChI is InChI=1S/C22H28FNO4S/c1-16(2)20(21(25)28-22(3,4)5)24(15-17-9-7-6-8-10-17)29(26,27)19-13-11-18(23)12-14-19/h6-14,16,20H,15H2,1-5H3/t20-/m0/s1. The van der Waals surface area contributed by atoms with Crippen molar-refractivity contribution in [3.63, 3.8) is 0 Å². The number of sulfonamides is 1. The zero-order valence-corrected chi connectivity index (χ0v) is 18.2. The first-order valence-electron chi connectivity index (χ1n) is 9.46. The van der Waals surface area contributed by atoms with Crippen molar-refractivity contribution < 1.29 is 22.3 Å². The molecule has 2 rings (SSSR count). The van der Waals surface area contributed by atoms with Gasteiger partial charge in [-0.1, -0.05) is 44.2 Å². The van der Waals surface area contributed by atoms with Crippen LogP contribution in [-0.2, 0) is 26.1 Å². The highest BCUT2D eigenvalue weighted by molar-refractivity contribution is 7.89. The van der Waals surface area contributed by atoms with Crippen molar-refractivity contribution in [1.82, 2.24) is 4.31 Å². The second kappa shape index (κ2) is 9.05. The molecule has 0 N–H and O–H groups in total. The molecular weight excluding hydrogens is 393 g/mol. The molecular formula is C22H28FNO4S. The zero-order valence-electron chi connectivity index (χ0n) is 17.4. The van der Waals surface area contributed by atoms with Crippen LogP contribution in [0, 0.1) is 11.7 Å². The fourth-order valence-corrected chi connectivity index (χ4v) is 4.62. The Bertz CT molecular complexity index is 920. The summed E-state index contributed by atoms with van der Waals surface area (Å²) in [7, 11) is -4.10. The number of hydrogen-bond acceptors (Lipinski definition) is 4. The first-order valence-corrected chi connectivity index (χ1v) is 10.9. The molecule has 0 aliphatic carbocycles. The predicted octanol–water partition coefficient (Wildman–Crippen LogP) is 4.38. The van der Waals surface area contributed by atoms with E-state index in [1.807, 2.05) is 6.07 Å². The summed E-state index contributed by atoms with van der Waals surface area (Å²) in [5.41, 5.74) is -0.0326. The Morgan fingerprint density at radius 3 is 2.07 bits per heavy atom. The largest absolute Gasteiger partial charge is 0.459 e. The van der Waals surface area contributed by atoms with Crippen molar-refractivity contribution in [3.8, 4) is 0 Å². The van der Waals surface area contributed by atoms with Crippen molar-refractivity contribution in [1.29, 1.82) is 0 Å². The number of benzene rings is 2. The molecule has 158 valence electrons. The van der Waals surface area contributed by atoms with E-state index in [4.69, 9.17) is 4.74 Å². The molecule has 0 aliphatic heterocycles. The molecule has 0 saturated carbocycles. The van der Waals surface area contributed by atoms with Crippen LogP contribution in [0.2, 0.25) is 0 Å². The molecule has 0 aliphatic rings. The molecule has 0 bridgehead atoms. The van der Waals surface area contributed by atoms with Crippen molar-refractivity contribution in [2.24, 2.45) is 5.92 Å². The highest BCUT2D eigenvalue weighted by Gasteiger charge is 2.40. The van der Waals surface area contributed by atoms with Gasteiger partial charge in [0.15, 0.2) is 0 Å². The summed E-state index contributed by atoms with van der Waals surface area (Å²) < 4.78 is 46.9. The van der Waals surface area contributed by atoms with Crippen LogP contribution in [0.5, 0.6) is 0 Å². The van der Waals surface area contributed by atoms with Crippen LogP contribution in [0.15, 0.2) is 59.5 Å². The van der Waals surface area contributed by atoms with Crippen LogP contribution in [0.4, 0.5) is 4.39 Å². The molecule has 0 spiro atoms. The fourth-order valence-electron chi connectivity index (χ4n) is 2.92. The summed E-state index contributed by atoms with van der Waals surface area (Å²) in [5, 5.41) is 0. The topological polar surface area (TPSA) is 63.7 Å². The van der Waals surface area contributed by atoms with Crippen LogP contribution in [0.25, 0.3) is 0 Å². The molecule has 0 fully saturated rings. The average molecular weight is 422 g/mol. The highest BCUT2D eigenvalue weighted by atomic mass is 32.2. The summed E-state index contributed by atoms with van der Waals surface area (Å²) in [5.74, 6) is -1.50. The van der Waals surface area contributed by atoms with Gasteiger partial charge < -0.3 is 4.74 Å². The second-order valence-corrected chi connectivity index (χ2v) is 10.1. The molecule has 2 aromatic carbocycles. The first-order chi connectivity index (χ1) is 13.4. The molecule has 0 saturated heterocycles. The monoisotopic (exact) mass is 421 g/mol. The molecule has 0 amide bonds. The van der Waals surface area contributed by atoms with Gasteiger partial charge in [0, 0.05) is 6.54 Å². The predicted molar refractivity (Wildman–Crippen MR) is 110 cm³/mol. The van der Waals surface area contributed by atoms with Gasteiger partial charge in [-0.15, -0.1) is 0 Å². The van der Waals surface area contributed by atoms with Gasteiger partial charge in [-0.3, -0.25) is 4.79 Å². The van der Waals surface area contributed by atoms with Crippen molar-refractivity contribution >= 4 is 16.0 Å². The van der Waals surface area contributed by atoms with E-state index < -0.39 is 33.5 Å². The number of rotatable bonds is 7. The van der Waals surface area contributed by atoms with Gasteiger partial charge in [0.25, 0.3) is 0 Å². The number of halogens is 1. The van der Waals surface area contributed by atoms with Gasteiger partial charge in [0.1, 0.15) is 17.5 Å². The van der Waals surface area contributed by atoms with Gasteiger partial charge >= 0.3 is 5.97 Å². The summed E-state index contributed by atoms with van der Waals surface area (Å²) in [6, 6.07) is 12.6. The minimum Gasteiger partial charge on any atom is -0.459 e. The summed E-state index contributed by atoms with van der Waals surface area (Å²) in [6.45, 7) is 8.73. The Hall–Kier alpha value is -2.25. The molecule has 0 radical (unpaired) electrons. The Balaban J connectivity index is 2.55. The van der Waals surface area contributed by atoms with Crippen LogP contribution >= 0.6 is 0 Å². The third-order valence-corrected chi connectivity index (χ3v) is 6.03. The molecule has 2 aromatic rings. The van der Waals surface area contributed by atoms with Crippen LogP contribution in [0.3, 0.4) is 0 Å². The lowest BCUT2D eigenvalue weighted by Gasteiger charge is -2.34. The van der Waals surface area contributed by atoms with E-state index in [2.05, 4.69) is 0 Å². The minimum atomic E-state index is -4.10. The summed E-state index contributed by atoms with van der Waals surface area (Å²) in [6.07, 6.45) is 0. The lowest BCUT2D eigenvalue weighted by Crippen LogP contribution is -2.49. The van der Waals surface area contributed by atoms with Crippen LogP contribution < -0.4 is 0 Å². The zero-order chi connectivity index (χ0) is 21.8. The Labute approximate surface area is 172 Å². The maximum absolute atomic E-state index is 13.5. The molecule has 0 unspecified atom stereocenters. The number of carbonyl (C=O) groups excluding carboxylic acids is 1. The number of nitrogens with zero attached hydrogens (tertiary/aromatic N) is 1.